The second-order valence-electron chi connectivity index (χ2n) is 7.18. The van der Waals surface area contributed by atoms with Gasteiger partial charge in [-0.1, -0.05) is 36.4 Å². The van der Waals surface area contributed by atoms with E-state index in [0.29, 0.717) is 28.0 Å². The molecule has 1 aliphatic heterocycles. The lowest BCUT2D eigenvalue weighted by molar-refractivity contribution is -0.112. The van der Waals surface area contributed by atoms with E-state index in [1.165, 1.54) is 25.3 Å². The van der Waals surface area contributed by atoms with Gasteiger partial charge in [0.25, 0.3) is 11.8 Å². The predicted molar refractivity (Wildman–Crippen MR) is 117 cm³/mol. The summed E-state index contributed by atoms with van der Waals surface area (Å²) in [7, 11) is 1.34. The van der Waals surface area contributed by atoms with E-state index >= 15 is 0 Å². The third-order valence-corrected chi connectivity index (χ3v) is 5.06. The number of nitrogens with zero attached hydrogens (tertiary/aromatic N) is 1. The van der Waals surface area contributed by atoms with Crippen molar-refractivity contribution in [1.82, 2.24) is 0 Å². The van der Waals surface area contributed by atoms with Gasteiger partial charge in [-0.15, -0.1) is 0 Å². The second kappa shape index (κ2) is 8.63. The number of alkyl halides is 2. The third kappa shape index (κ3) is 3.97. The second-order valence-corrected chi connectivity index (χ2v) is 7.18. The molecule has 7 heteroatoms. The van der Waals surface area contributed by atoms with E-state index in [2.05, 4.69) is 4.74 Å². The van der Waals surface area contributed by atoms with Gasteiger partial charge in [-0.05, 0) is 60.0 Å². The normalized spacial score (nSPS) is 14.7. The van der Waals surface area contributed by atoms with E-state index in [-0.39, 0.29) is 11.5 Å². The van der Waals surface area contributed by atoms with Gasteiger partial charge in [0.2, 0.25) is 0 Å². The number of halogens is 2. The monoisotopic (exact) mass is 435 g/mol. The van der Waals surface area contributed by atoms with Gasteiger partial charge in [0.1, 0.15) is 0 Å². The molecule has 0 radical (unpaired) electrons. The molecule has 4 rings (SSSR count). The minimum Gasteiger partial charge on any atom is -0.493 e. The van der Waals surface area contributed by atoms with Crippen molar-refractivity contribution in [2.24, 2.45) is 0 Å². The minimum absolute atomic E-state index is 0.0998. The average Bonchev–Trinajstić information content (AvgIpc) is 2.77. The number of ether oxygens (including phenoxy) is 2. The highest BCUT2D eigenvalue weighted by Crippen LogP contribution is 2.35. The molecule has 0 spiro atoms. The molecule has 1 heterocycles. The lowest BCUT2D eigenvalue weighted by Crippen LogP contribution is -2.41. The van der Waals surface area contributed by atoms with E-state index in [9.17, 15) is 18.4 Å². The maximum absolute atomic E-state index is 13.5. The van der Waals surface area contributed by atoms with Crippen LogP contribution in [0.4, 0.5) is 14.5 Å². The molecule has 162 valence electrons. The molecule has 0 aromatic heterocycles. The quantitative estimate of drug-likeness (QED) is 0.401. The van der Waals surface area contributed by atoms with Crippen LogP contribution >= 0.6 is 0 Å². The first kappa shape index (κ1) is 21.2. The highest BCUT2D eigenvalue weighted by molar-refractivity contribution is 6.43. The molecule has 5 nitrogen and oxygen atoms in total. The summed E-state index contributed by atoms with van der Waals surface area (Å²) in [6, 6.07) is 18.4. The zero-order valence-corrected chi connectivity index (χ0v) is 17.3. The van der Waals surface area contributed by atoms with Gasteiger partial charge in [0.15, 0.2) is 11.5 Å². The van der Waals surface area contributed by atoms with Crippen molar-refractivity contribution in [3.8, 4) is 11.5 Å². The highest BCUT2D eigenvalue weighted by atomic mass is 19.3. The summed E-state index contributed by atoms with van der Waals surface area (Å²) < 4.78 is 34.9. The Morgan fingerprint density at radius 1 is 0.875 bits per heavy atom. The summed E-state index contributed by atoms with van der Waals surface area (Å²) in [6.45, 7) is -1.11. The van der Waals surface area contributed by atoms with Gasteiger partial charge in [-0.2, -0.15) is 8.78 Å². The molecule has 0 unspecified atom stereocenters. The fraction of sp³-hybridized carbons (Fsp3) is 0.120. The largest absolute Gasteiger partial charge is 0.493 e. The molecule has 0 N–H and O–H groups in total. The third-order valence-electron chi connectivity index (χ3n) is 5.06. The molecule has 1 aliphatic rings. The summed E-state index contributed by atoms with van der Waals surface area (Å²) in [5, 5.41) is 0. The maximum atomic E-state index is 13.5. The molecule has 3 aromatic rings. The van der Waals surface area contributed by atoms with Gasteiger partial charge in [-0.25, -0.2) is 4.90 Å². The number of anilines is 1. The number of imide groups is 1. The molecule has 0 saturated carbocycles. The van der Waals surface area contributed by atoms with Crippen molar-refractivity contribution in [2.45, 2.75) is 13.5 Å². The van der Waals surface area contributed by atoms with Crippen molar-refractivity contribution in [1.29, 1.82) is 0 Å². The van der Waals surface area contributed by atoms with Crippen LogP contribution in [0.1, 0.15) is 27.0 Å². The van der Waals surface area contributed by atoms with E-state index in [1.54, 1.807) is 48.5 Å². The van der Waals surface area contributed by atoms with Crippen LogP contribution < -0.4 is 14.4 Å². The zero-order chi connectivity index (χ0) is 22.8. The molecular weight excluding hydrogens is 416 g/mol. The Balaban J connectivity index is 1.84. The number of hydrogen-bond donors (Lipinski definition) is 0. The van der Waals surface area contributed by atoms with Crippen LogP contribution in [0, 0.1) is 6.92 Å². The van der Waals surface area contributed by atoms with Crippen LogP contribution in [0.3, 0.4) is 0 Å². The Morgan fingerprint density at radius 2 is 1.62 bits per heavy atom. The fourth-order valence-corrected chi connectivity index (χ4v) is 3.63. The number of carbonyl (C=O) groups excluding carboxylic acids is 2. The zero-order valence-electron chi connectivity index (χ0n) is 17.3. The Bertz CT molecular complexity index is 1240. The number of amides is 2. The Kier molecular flexibility index (Phi) is 5.73. The first-order valence-electron chi connectivity index (χ1n) is 9.78. The Hall–Kier alpha value is -4.00. The highest BCUT2D eigenvalue weighted by Gasteiger charge is 2.35. The van der Waals surface area contributed by atoms with Crippen molar-refractivity contribution >= 4 is 29.2 Å². The van der Waals surface area contributed by atoms with Crippen LogP contribution in [-0.4, -0.2) is 25.5 Å². The number of benzene rings is 3. The van der Waals surface area contributed by atoms with Crippen LogP contribution in [0.25, 0.3) is 11.6 Å². The first-order valence-corrected chi connectivity index (χ1v) is 9.78. The smallest absolute Gasteiger partial charge is 0.387 e. The van der Waals surface area contributed by atoms with E-state index < -0.39 is 18.4 Å². The summed E-state index contributed by atoms with van der Waals surface area (Å²) >= 11 is 0. The van der Waals surface area contributed by atoms with Crippen LogP contribution in [0.5, 0.6) is 11.5 Å². The first-order chi connectivity index (χ1) is 15.4. The Labute approximate surface area is 183 Å². The maximum Gasteiger partial charge on any atom is 0.387 e. The number of aryl methyl sites for hydroxylation is 1. The SMILES string of the molecule is COc1cc(/C=C2/C(=O)N(c3cccc(C)c3)C(=O)c3ccccc32)ccc1OC(F)F. The number of carbonyl (C=O) groups is 2. The molecule has 3 aromatic carbocycles. The van der Waals surface area contributed by atoms with Crippen molar-refractivity contribution < 1.29 is 27.8 Å². The van der Waals surface area contributed by atoms with E-state index in [4.69, 9.17) is 4.74 Å². The minimum atomic E-state index is -2.99. The lowest BCUT2D eigenvalue weighted by atomic mass is 9.91. The average molecular weight is 435 g/mol. The van der Waals surface area contributed by atoms with Crippen LogP contribution in [-0.2, 0) is 4.79 Å². The van der Waals surface area contributed by atoms with Crippen molar-refractivity contribution in [2.75, 3.05) is 12.0 Å². The molecule has 0 fully saturated rings. The van der Waals surface area contributed by atoms with E-state index in [1.807, 2.05) is 13.0 Å². The molecule has 0 bridgehead atoms. The van der Waals surface area contributed by atoms with Gasteiger partial charge < -0.3 is 9.47 Å². The van der Waals surface area contributed by atoms with Crippen LogP contribution in [0.15, 0.2) is 66.7 Å². The predicted octanol–water partition coefficient (Wildman–Crippen LogP) is 5.33. The fourth-order valence-electron chi connectivity index (χ4n) is 3.63. The molecule has 0 atom stereocenters. The van der Waals surface area contributed by atoms with Crippen LogP contribution in [0.2, 0.25) is 0 Å². The van der Waals surface area contributed by atoms with Gasteiger partial charge in [0.05, 0.1) is 12.8 Å². The number of hydrogen-bond acceptors (Lipinski definition) is 4. The molecule has 0 saturated heterocycles. The summed E-state index contributed by atoms with van der Waals surface area (Å²) in [5.41, 5.74) is 3.10. The lowest BCUT2D eigenvalue weighted by Gasteiger charge is -2.29. The summed E-state index contributed by atoms with van der Waals surface area (Å²) in [6.07, 6.45) is 1.60. The number of methoxy groups -OCH3 is 1. The standard InChI is InChI=1S/C25H19F2NO4/c1-15-6-5-7-17(12-15)28-23(29)19-9-4-3-8-18(19)20(24(28)30)13-16-10-11-21(32-25(26)27)22(14-16)31-2/h3-14,25H,1-2H3/b20-13+. The topological polar surface area (TPSA) is 55.8 Å². The van der Waals surface area contributed by atoms with Crippen molar-refractivity contribution in [3.05, 3.63) is 89.0 Å². The molecular formula is C25H19F2NO4. The molecule has 2 amide bonds. The van der Waals surface area contributed by atoms with Gasteiger partial charge >= 0.3 is 6.61 Å². The number of fused-ring (bicyclic) bond motifs is 1. The molecule has 32 heavy (non-hydrogen) atoms. The van der Waals surface area contributed by atoms with E-state index in [0.717, 1.165) is 10.5 Å². The summed E-state index contributed by atoms with van der Waals surface area (Å²) in [4.78, 5) is 27.8. The van der Waals surface area contributed by atoms with Crippen molar-refractivity contribution in [3.63, 3.8) is 0 Å². The summed E-state index contributed by atoms with van der Waals surface area (Å²) in [5.74, 6) is -0.905. The van der Waals surface area contributed by atoms with Gasteiger partial charge in [-0.3, -0.25) is 9.59 Å². The molecule has 0 aliphatic carbocycles. The number of rotatable bonds is 5. The van der Waals surface area contributed by atoms with Gasteiger partial charge in [0, 0.05) is 11.1 Å². The Morgan fingerprint density at radius 3 is 2.31 bits per heavy atom.